The Labute approximate surface area is 129 Å². The maximum atomic E-state index is 13.3. The lowest BCUT2D eigenvalue weighted by molar-refractivity contribution is 0.469. The Bertz CT molecular complexity index is 588. The summed E-state index contributed by atoms with van der Waals surface area (Å²) in [7, 11) is 0. The van der Waals surface area contributed by atoms with Crippen LogP contribution in [0, 0.1) is 19.7 Å². The molecule has 0 bridgehead atoms. The number of halogens is 3. The Hall–Kier alpha value is -0.870. The van der Waals surface area contributed by atoms with E-state index < -0.39 is 0 Å². The van der Waals surface area contributed by atoms with Gasteiger partial charge in [-0.05, 0) is 70.7 Å². The highest BCUT2D eigenvalue weighted by Gasteiger charge is 2.10. The van der Waals surface area contributed by atoms with Crippen molar-refractivity contribution in [1.29, 1.82) is 0 Å². The third kappa shape index (κ3) is 3.37. The second kappa shape index (κ2) is 6.06. The van der Waals surface area contributed by atoms with Gasteiger partial charge in [0.2, 0.25) is 0 Å². The average molecular weight is 388 g/mol. The molecule has 0 N–H and O–H groups in total. The molecule has 0 amide bonds. The summed E-state index contributed by atoms with van der Waals surface area (Å²) in [5.41, 5.74) is 2.73. The van der Waals surface area contributed by atoms with Gasteiger partial charge in [0.1, 0.15) is 17.3 Å². The molecule has 0 aliphatic heterocycles. The fourth-order valence-corrected chi connectivity index (χ4v) is 2.73. The van der Waals surface area contributed by atoms with E-state index in [1.165, 1.54) is 12.1 Å². The molecular weight excluding hydrogens is 375 g/mol. The Morgan fingerprint density at radius 1 is 1.11 bits per heavy atom. The van der Waals surface area contributed by atoms with Crippen molar-refractivity contribution in [3.63, 3.8) is 0 Å². The van der Waals surface area contributed by atoms with Crippen molar-refractivity contribution in [1.82, 2.24) is 0 Å². The fourth-order valence-electron chi connectivity index (χ4n) is 1.88. The van der Waals surface area contributed by atoms with Crippen LogP contribution in [0.15, 0.2) is 34.8 Å². The first-order valence-corrected chi connectivity index (χ1v) is 7.71. The molecule has 0 radical (unpaired) electrons. The largest absolute Gasteiger partial charge is 0.456 e. The minimum Gasteiger partial charge on any atom is -0.456 e. The van der Waals surface area contributed by atoms with Crippen molar-refractivity contribution in [3.8, 4) is 11.5 Å². The maximum absolute atomic E-state index is 13.3. The molecular formula is C15H13Br2FO. The van der Waals surface area contributed by atoms with Gasteiger partial charge in [0.05, 0.1) is 4.47 Å². The highest BCUT2D eigenvalue weighted by Crippen LogP contribution is 2.34. The van der Waals surface area contributed by atoms with E-state index in [0.29, 0.717) is 5.75 Å². The number of hydrogen-bond acceptors (Lipinski definition) is 1. The lowest BCUT2D eigenvalue weighted by Gasteiger charge is -2.13. The first-order valence-electron chi connectivity index (χ1n) is 5.80. The van der Waals surface area contributed by atoms with Crippen molar-refractivity contribution in [2.24, 2.45) is 0 Å². The predicted octanol–water partition coefficient (Wildman–Crippen LogP) is 5.89. The van der Waals surface area contributed by atoms with E-state index in [9.17, 15) is 4.39 Å². The van der Waals surface area contributed by atoms with Crippen LogP contribution in [0.25, 0.3) is 0 Å². The third-order valence-electron chi connectivity index (χ3n) is 2.79. The molecule has 0 aliphatic carbocycles. The molecule has 0 saturated carbocycles. The molecule has 4 heteroatoms. The molecule has 19 heavy (non-hydrogen) atoms. The Morgan fingerprint density at radius 2 is 1.74 bits per heavy atom. The molecule has 0 aliphatic rings. The van der Waals surface area contributed by atoms with Crippen LogP contribution in [0.1, 0.15) is 16.7 Å². The molecule has 1 nitrogen and oxygen atoms in total. The van der Waals surface area contributed by atoms with E-state index in [2.05, 4.69) is 31.9 Å². The van der Waals surface area contributed by atoms with E-state index in [1.54, 1.807) is 0 Å². The number of ether oxygens (including phenoxy) is 1. The molecule has 2 rings (SSSR count). The molecule has 0 heterocycles. The summed E-state index contributed by atoms with van der Waals surface area (Å²) in [6, 6.07) is 8.84. The van der Waals surface area contributed by atoms with E-state index >= 15 is 0 Å². The topological polar surface area (TPSA) is 9.23 Å². The minimum atomic E-state index is -0.240. The van der Waals surface area contributed by atoms with Crippen molar-refractivity contribution in [2.75, 3.05) is 0 Å². The van der Waals surface area contributed by atoms with Crippen molar-refractivity contribution < 1.29 is 9.13 Å². The number of aryl methyl sites for hydroxylation is 2. The Kier molecular flexibility index (Phi) is 4.63. The number of hydrogen-bond donors (Lipinski definition) is 0. The van der Waals surface area contributed by atoms with Gasteiger partial charge in [-0.2, -0.15) is 0 Å². The SMILES string of the molecule is Cc1cc(F)cc(C)c1Oc1ccc(CBr)cc1Br. The summed E-state index contributed by atoms with van der Waals surface area (Å²) < 4.78 is 20.0. The average Bonchev–Trinajstić information content (AvgIpc) is 2.35. The van der Waals surface area contributed by atoms with Gasteiger partial charge in [0.25, 0.3) is 0 Å². The van der Waals surface area contributed by atoms with E-state index in [-0.39, 0.29) is 5.82 Å². The summed E-state index contributed by atoms with van der Waals surface area (Å²) >= 11 is 6.90. The second-order valence-corrected chi connectivity index (χ2v) is 5.78. The summed E-state index contributed by atoms with van der Waals surface area (Å²) in [5, 5.41) is 0.792. The quantitative estimate of drug-likeness (QED) is 0.596. The monoisotopic (exact) mass is 386 g/mol. The zero-order chi connectivity index (χ0) is 14.0. The van der Waals surface area contributed by atoms with Crippen LogP contribution in [0.5, 0.6) is 11.5 Å². The van der Waals surface area contributed by atoms with Gasteiger partial charge in [0.15, 0.2) is 0 Å². The summed E-state index contributed by atoms with van der Waals surface area (Å²) in [6.07, 6.45) is 0. The first kappa shape index (κ1) is 14.5. The lowest BCUT2D eigenvalue weighted by atomic mass is 10.1. The van der Waals surface area contributed by atoms with Crippen LogP contribution in [0.4, 0.5) is 4.39 Å². The van der Waals surface area contributed by atoms with E-state index in [1.807, 2.05) is 32.0 Å². The van der Waals surface area contributed by atoms with Crippen LogP contribution < -0.4 is 4.74 Å². The van der Waals surface area contributed by atoms with Gasteiger partial charge in [-0.3, -0.25) is 0 Å². The highest BCUT2D eigenvalue weighted by atomic mass is 79.9. The summed E-state index contributed by atoms with van der Waals surface area (Å²) in [4.78, 5) is 0. The second-order valence-electron chi connectivity index (χ2n) is 4.37. The van der Waals surface area contributed by atoms with Crippen LogP contribution >= 0.6 is 31.9 Å². The number of benzene rings is 2. The lowest BCUT2D eigenvalue weighted by Crippen LogP contribution is -1.94. The number of rotatable bonds is 3. The van der Waals surface area contributed by atoms with Crippen molar-refractivity contribution in [3.05, 3.63) is 57.3 Å². The zero-order valence-electron chi connectivity index (χ0n) is 10.6. The molecule has 2 aromatic carbocycles. The van der Waals surface area contributed by atoms with Gasteiger partial charge in [0, 0.05) is 5.33 Å². The summed E-state index contributed by atoms with van der Waals surface area (Å²) in [5.74, 6) is 1.19. The van der Waals surface area contributed by atoms with Crippen molar-refractivity contribution in [2.45, 2.75) is 19.2 Å². The molecule has 0 fully saturated rings. The molecule has 0 spiro atoms. The first-order chi connectivity index (χ1) is 9.01. The maximum Gasteiger partial charge on any atom is 0.141 e. The Balaban J connectivity index is 2.36. The molecule has 0 atom stereocenters. The molecule has 0 saturated heterocycles. The van der Waals surface area contributed by atoms with Crippen LogP contribution in [-0.2, 0) is 5.33 Å². The van der Waals surface area contributed by atoms with Gasteiger partial charge in [-0.1, -0.05) is 22.0 Å². The third-order valence-corrected chi connectivity index (χ3v) is 4.05. The van der Waals surface area contributed by atoms with Crippen molar-refractivity contribution >= 4 is 31.9 Å². The predicted molar refractivity (Wildman–Crippen MR) is 82.7 cm³/mol. The number of alkyl halides is 1. The molecule has 0 aromatic heterocycles. The van der Waals surface area contributed by atoms with Crippen LogP contribution in [-0.4, -0.2) is 0 Å². The van der Waals surface area contributed by atoms with E-state index in [0.717, 1.165) is 32.2 Å². The zero-order valence-corrected chi connectivity index (χ0v) is 13.8. The fraction of sp³-hybridized carbons (Fsp3) is 0.200. The van der Waals surface area contributed by atoms with Gasteiger partial charge in [-0.15, -0.1) is 0 Å². The Morgan fingerprint density at radius 3 is 2.26 bits per heavy atom. The molecule has 2 aromatic rings. The van der Waals surface area contributed by atoms with Gasteiger partial charge < -0.3 is 4.74 Å². The van der Waals surface area contributed by atoms with Gasteiger partial charge >= 0.3 is 0 Å². The normalized spacial score (nSPS) is 10.6. The molecule has 100 valence electrons. The van der Waals surface area contributed by atoms with E-state index in [4.69, 9.17) is 4.74 Å². The minimum absolute atomic E-state index is 0.240. The standard InChI is InChI=1S/C15H13Br2FO/c1-9-5-12(18)6-10(2)15(9)19-14-4-3-11(8-16)7-13(14)17/h3-7H,8H2,1-2H3. The van der Waals surface area contributed by atoms with Crippen LogP contribution in [0.2, 0.25) is 0 Å². The molecule has 0 unspecified atom stereocenters. The highest BCUT2D eigenvalue weighted by molar-refractivity contribution is 9.10. The smallest absolute Gasteiger partial charge is 0.141 e. The van der Waals surface area contributed by atoms with Crippen LogP contribution in [0.3, 0.4) is 0 Å². The summed E-state index contributed by atoms with van der Waals surface area (Å²) in [6.45, 7) is 3.68. The van der Waals surface area contributed by atoms with Gasteiger partial charge in [-0.25, -0.2) is 4.39 Å².